The Balaban J connectivity index is 1.11. The van der Waals surface area contributed by atoms with Gasteiger partial charge in [-0.05, 0) is 67.9 Å². The number of alkyl halides is 1. The first-order valence-corrected chi connectivity index (χ1v) is 12.8. The molecule has 4 bridgehead atoms. The summed E-state index contributed by atoms with van der Waals surface area (Å²) in [7, 11) is 1.56. The number of fused-ring (bicyclic) bond motifs is 3. The molecule has 1 amide bonds. The van der Waals surface area contributed by atoms with Gasteiger partial charge in [-0.1, -0.05) is 34.1 Å². The van der Waals surface area contributed by atoms with Crippen LogP contribution in [0.25, 0.3) is 21.9 Å². The molecule has 0 unspecified atom stereocenters. The van der Waals surface area contributed by atoms with Gasteiger partial charge >= 0.3 is 5.97 Å². The highest BCUT2D eigenvalue weighted by Crippen LogP contribution is 2.65. The van der Waals surface area contributed by atoms with Gasteiger partial charge in [-0.15, -0.1) is 0 Å². The summed E-state index contributed by atoms with van der Waals surface area (Å²) in [5, 5.41) is 4.71. The zero-order chi connectivity index (χ0) is 23.5. The predicted octanol–water partition coefficient (Wildman–Crippen LogP) is 6.20. The molecule has 0 aliphatic heterocycles. The molecule has 178 valence electrons. The maximum Gasteiger partial charge on any atom is 0.306 e. The number of ether oxygens (including phenoxy) is 2. The first-order chi connectivity index (χ1) is 16.3. The third kappa shape index (κ3) is 3.88. The van der Waals surface area contributed by atoms with Crippen molar-refractivity contribution in [2.75, 3.05) is 19.0 Å². The smallest absolute Gasteiger partial charge is 0.306 e. The van der Waals surface area contributed by atoms with Crippen molar-refractivity contribution in [3.8, 4) is 5.75 Å². The third-order valence-electron chi connectivity index (χ3n) is 7.97. The maximum absolute atomic E-state index is 12.7. The Hall–Kier alpha value is -2.54. The van der Waals surface area contributed by atoms with Crippen molar-refractivity contribution >= 4 is 55.4 Å². The average molecular weight is 526 g/mol. The van der Waals surface area contributed by atoms with E-state index in [0.717, 1.165) is 35.6 Å². The minimum Gasteiger partial charge on any atom is -0.495 e. The van der Waals surface area contributed by atoms with Gasteiger partial charge in [0.25, 0.3) is 5.91 Å². The van der Waals surface area contributed by atoms with Crippen LogP contribution in [0.15, 0.2) is 40.8 Å². The number of hydrogen-bond donors (Lipinski definition) is 1. The van der Waals surface area contributed by atoms with E-state index < -0.39 is 5.91 Å². The molecule has 0 spiro atoms. The second-order valence-electron chi connectivity index (χ2n) is 10.6. The van der Waals surface area contributed by atoms with Gasteiger partial charge in [0.2, 0.25) is 0 Å². The SMILES string of the molecule is COc1cc2c(cc1NC(=O)COC(=O)CC13C[C@@H]4C[C@H](CC(Br)(C4)C1)C3)oc1ccccc12. The number of furan rings is 1. The minimum atomic E-state index is -0.399. The first kappa shape index (κ1) is 22.0. The van der Waals surface area contributed by atoms with Crippen molar-refractivity contribution in [1.29, 1.82) is 0 Å². The van der Waals surface area contributed by atoms with Gasteiger partial charge in [0, 0.05) is 21.2 Å². The highest BCUT2D eigenvalue weighted by molar-refractivity contribution is 9.10. The van der Waals surface area contributed by atoms with Gasteiger partial charge in [0.05, 0.1) is 19.2 Å². The summed E-state index contributed by atoms with van der Waals surface area (Å²) in [6.07, 6.45) is 7.38. The number of carbonyl (C=O) groups excluding carboxylic acids is 2. The predicted molar refractivity (Wildman–Crippen MR) is 133 cm³/mol. The van der Waals surface area contributed by atoms with Crippen molar-refractivity contribution in [3.63, 3.8) is 0 Å². The van der Waals surface area contributed by atoms with E-state index in [4.69, 9.17) is 13.9 Å². The molecule has 2 atom stereocenters. The zero-order valence-corrected chi connectivity index (χ0v) is 20.8. The highest BCUT2D eigenvalue weighted by atomic mass is 79.9. The van der Waals surface area contributed by atoms with Crippen molar-refractivity contribution in [1.82, 2.24) is 0 Å². The van der Waals surface area contributed by atoms with E-state index in [9.17, 15) is 9.59 Å². The summed E-state index contributed by atoms with van der Waals surface area (Å²) in [5.41, 5.74) is 1.93. The van der Waals surface area contributed by atoms with Gasteiger partial charge in [0.15, 0.2) is 6.61 Å². The third-order valence-corrected chi connectivity index (χ3v) is 8.90. The van der Waals surface area contributed by atoms with Crippen LogP contribution >= 0.6 is 15.9 Å². The monoisotopic (exact) mass is 525 g/mol. The number of methoxy groups -OCH3 is 1. The molecular weight excluding hydrogens is 498 g/mol. The number of carbonyl (C=O) groups is 2. The molecule has 7 heteroatoms. The van der Waals surface area contributed by atoms with E-state index in [1.807, 2.05) is 30.3 Å². The highest BCUT2D eigenvalue weighted by Gasteiger charge is 2.57. The standard InChI is InChI=1S/C27H28BrNO5/c1-32-23-7-19-18-4-2-3-5-21(18)34-22(19)8-20(23)29-24(30)14-33-25(31)13-26-9-16-6-17(10-26)12-27(28,11-16)15-26/h2-5,7-8,16-17H,6,9-15H2,1H3,(H,29,30)/t16-,17-,26?,27?/m0/s1. The van der Waals surface area contributed by atoms with E-state index in [1.165, 1.54) is 19.3 Å². The van der Waals surface area contributed by atoms with Crippen molar-refractivity contribution in [3.05, 3.63) is 36.4 Å². The topological polar surface area (TPSA) is 77.8 Å². The molecule has 2 aromatic carbocycles. The molecule has 1 N–H and O–H groups in total. The van der Waals surface area contributed by atoms with E-state index in [-0.39, 0.29) is 22.3 Å². The lowest BCUT2D eigenvalue weighted by molar-refractivity contribution is -0.153. The fourth-order valence-corrected chi connectivity index (χ4v) is 8.76. The number of para-hydroxylation sites is 1. The van der Waals surface area contributed by atoms with Crippen molar-refractivity contribution < 1.29 is 23.5 Å². The molecule has 6 nitrogen and oxygen atoms in total. The van der Waals surface area contributed by atoms with Gasteiger partial charge in [-0.2, -0.15) is 0 Å². The molecule has 1 heterocycles. The molecule has 3 aromatic rings. The van der Waals surface area contributed by atoms with E-state index in [2.05, 4.69) is 21.2 Å². The Bertz CT molecular complexity index is 1280. The second kappa shape index (κ2) is 8.01. The first-order valence-electron chi connectivity index (χ1n) is 12.0. The van der Waals surface area contributed by atoms with Gasteiger partial charge in [-0.3, -0.25) is 9.59 Å². The van der Waals surface area contributed by atoms with Crippen LogP contribution in [0.5, 0.6) is 5.75 Å². The second-order valence-corrected chi connectivity index (χ2v) is 12.3. The largest absolute Gasteiger partial charge is 0.495 e. The lowest BCUT2D eigenvalue weighted by Gasteiger charge is -2.60. The van der Waals surface area contributed by atoms with Gasteiger partial charge in [-0.25, -0.2) is 0 Å². The Morgan fingerprint density at radius 1 is 1.09 bits per heavy atom. The van der Waals surface area contributed by atoms with Gasteiger partial charge < -0.3 is 19.2 Å². The minimum absolute atomic E-state index is 0.0245. The summed E-state index contributed by atoms with van der Waals surface area (Å²) in [4.78, 5) is 25.4. The number of benzene rings is 2. The Morgan fingerprint density at radius 3 is 2.59 bits per heavy atom. The molecule has 0 radical (unpaired) electrons. The number of hydrogen-bond acceptors (Lipinski definition) is 5. The van der Waals surface area contributed by atoms with Crippen LogP contribution in [0.4, 0.5) is 5.69 Å². The number of amides is 1. The summed E-state index contributed by atoms with van der Waals surface area (Å²) >= 11 is 3.99. The number of nitrogens with one attached hydrogen (secondary N) is 1. The lowest BCUT2D eigenvalue weighted by atomic mass is 9.49. The van der Waals surface area contributed by atoms with Crippen molar-refractivity contribution in [2.45, 2.75) is 49.3 Å². The Labute approximate surface area is 206 Å². The molecule has 34 heavy (non-hydrogen) atoms. The summed E-state index contributed by atoms with van der Waals surface area (Å²) < 4.78 is 17.0. The van der Waals surface area contributed by atoms with Crippen LogP contribution in [0.2, 0.25) is 0 Å². The van der Waals surface area contributed by atoms with E-state index >= 15 is 0 Å². The lowest BCUT2D eigenvalue weighted by Crippen LogP contribution is -2.53. The molecule has 4 aliphatic rings. The van der Waals surface area contributed by atoms with Crippen LogP contribution in [0.1, 0.15) is 44.9 Å². The van der Waals surface area contributed by atoms with Crippen LogP contribution in [0, 0.1) is 17.3 Å². The average Bonchev–Trinajstić information content (AvgIpc) is 3.12. The maximum atomic E-state index is 12.7. The molecule has 4 aliphatic carbocycles. The number of esters is 1. The number of anilines is 1. The Morgan fingerprint density at radius 2 is 1.85 bits per heavy atom. The van der Waals surface area contributed by atoms with Crippen LogP contribution in [0.3, 0.4) is 0 Å². The quantitative estimate of drug-likeness (QED) is 0.306. The van der Waals surface area contributed by atoms with Crippen LogP contribution in [-0.4, -0.2) is 29.9 Å². The van der Waals surface area contributed by atoms with Crippen LogP contribution < -0.4 is 10.1 Å². The zero-order valence-electron chi connectivity index (χ0n) is 19.2. The number of rotatable bonds is 6. The summed E-state index contributed by atoms with van der Waals surface area (Å²) in [5.74, 6) is 1.25. The Kier molecular flexibility index (Phi) is 5.17. The molecule has 7 rings (SSSR count). The molecule has 1 aromatic heterocycles. The fourth-order valence-electron chi connectivity index (χ4n) is 7.25. The molecule has 4 fully saturated rings. The van der Waals surface area contributed by atoms with Gasteiger partial charge in [0.1, 0.15) is 16.9 Å². The fraction of sp³-hybridized carbons (Fsp3) is 0.481. The van der Waals surface area contributed by atoms with E-state index in [0.29, 0.717) is 35.3 Å². The summed E-state index contributed by atoms with van der Waals surface area (Å²) in [6.45, 7) is -0.317. The van der Waals surface area contributed by atoms with Crippen LogP contribution in [-0.2, 0) is 14.3 Å². The number of halogens is 1. The summed E-state index contributed by atoms with van der Waals surface area (Å²) in [6, 6.07) is 11.4. The molecule has 0 saturated heterocycles. The molecular formula is C27H28BrNO5. The molecule has 4 saturated carbocycles. The normalized spacial score (nSPS) is 29.5. The van der Waals surface area contributed by atoms with E-state index in [1.54, 1.807) is 13.2 Å². The van der Waals surface area contributed by atoms with Crippen molar-refractivity contribution in [2.24, 2.45) is 17.3 Å².